The maximum Gasteiger partial charge on any atom is 0.217 e. The van der Waals surface area contributed by atoms with Crippen LogP contribution in [-0.4, -0.2) is 18.7 Å². The summed E-state index contributed by atoms with van der Waals surface area (Å²) in [5.41, 5.74) is 2.66. The molecule has 3 heteroatoms. The van der Waals surface area contributed by atoms with Gasteiger partial charge in [-0.05, 0) is 13.8 Å². The Hall–Kier alpha value is -1.64. The Labute approximate surface area is 104 Å². The van der Waals surface area contributed by atoms with Crippen molar-refractivity contribution in [2.75, 3.05) is 6.54 Å². The molecule has 17 heavy (non-hydrogen) atoms. The zero-order valence-corrected chi connectivity index (χ0v) is 11.4. The molecule has 0 bridgehead atoms. The summed E-state index contributed by atoms with van der Waals surface area (Å²) in [6, 6.07) is 8.48. The fourth-order valence-corrected chi connectivity index (χ4v) is 0.822. The first-order chi connectivity index (χ1) is 8.06. The fourth-order valence-electron chi connectivity index (χ4n) is 0.822. The molecule has 1 N–H and O–H groups in total. The maximum absolute atomic E-state index is 9.93. The molecule has 1 amide bonds. The molecule has 1 rings (SSSR count). The monoisotopic (exact) mass is 237 g/mol. The van der Waals surface area contributed by atoms with Crippen LogP contribution in [0.25, 0.3) is 0 Å². The van der Waals surface area contributed by atoms with Crippen LogP contribution in [0.3, 0.4) is 0 Å². The number of amides is 1. The quantitative estimate of drug-likeness (QED) is 0.804. The highest BCUT2D eigenvalue weighted by Gasteiger charge is 1.83. The van der Waals surface area contributed by atoms with E-state index < -0.39 is 0 Å². The van der Waals surface area contributed by atoms with E-state index in [0.29, 0.717) is 6.29 Å². The lowest BCUT2D eigenvalue weighted by Crippen LogP contribution is -2.21. The van der Waals surface area contributed by atoms with Gasteiger partial charge < -0.3 is 10.1 Å². The number of aryl methyl sites for hydroxylation is 2. The number of carbonyl (C=O) groups is 2. The van der Waals surface area contributed by atoms with E-state index in [1.165, 1.54) is 18.1 Å². The molecule has 0 aliphatic rings. The van der Waals surface area contributed by atoms with Crippen molar-refractivity contribution in [3.63, 3.8) is 0 Å². The first-order valence-corrected chi connectivity index (χ1v) is 5.77. The zero-order chi connectivity index (χ0) is 13.7. The molecule has 0 saturated carbocycles. The number of benzene rings is 1. The normalized spacial score (nSPS) is 7.82. The average Bonchev–Trinajstić information content (AvgIpc) is 2.34. The van der Waals surface area contributed by atoms with Crippen molar-refractivity contribution in [2.24, 2.45) is 0 Å². The third-order valence-corrected chi connectivity index (χ3v) is 1.65. The molecule has 0 aliphatic carbocycles. The van der Waals surface area contributed by atoms with Gasteiger partial charge in [0, 0.05) is 6.92 Å². The maximum atomic E-state index is 9.93. The molecule has 0 unspecified atom stereocenters. The lowest BCUT2D eigenvalue weighted by Gasteiger charge is -1.90. The largest absolute Gasteiger partial charge is 0.350 e. The number of nitrogens with one attached hydrogen (secondary N) is 1. The number of carbonyl (C=O) groups excluding carboxylic acids is 2. The van der Waals surface area contributed by atoms with E-state index in [1.807, 2.05) is 13.8 Å². The highest BCUT2D eigenvalue weighted by molar-refractivity contribution is 5.75. The van der Waals surface area contributed by atoms with Gasteiger partial charge in [0.2, 0.25) is 5.91 Å². The van der Waals surface area contributed by atoms with Gasteiger partial charge in [0.25, 0.3) is 0 Å². The predicted octanol–water partition coefficient (Wildman–Crippen LogP) is 2.65. The van der Waals surface area contributed by atoms with Gasteiger partial charge >= 0.3 is 0 Å². The van der Waals surface area contributed by atoms with Gasteiger partial charge in [-0.2, -0.15) is 0 Å². The minimum absolute atomic E-state index is 0.120. The summed E-state index contributed by atoms with van der Waals surface area (Å²) in [4.78, 5) is 19.4. The lowest BCUT2D eigenvalue weighted by molar-refractivity contribution is -0.120. The second-order valence-corrected chi connectivity index (χ2v) is 3.26. The van der Waals surface area contributed by atoms with E-state index >= 15 is 0 Å². The van der Waals surface area contributed by atoms with Crippen molar-refractivity contribution in [3.05, 3.63) is 35.4 Å². The van der Waals surface area contributed by atoms with Crippen molar-refractivity contribution in [2.45, 2.75) is 34.6 Å². The molecule has 0 saturated heterocycles. The molecule has 1 aromatic carbocycles. The molecular weight excluding hydrogens is 214 g/mol. The summed E-state index contributed by atoms with van der Waals surface area (Å²) in [5, 5.41) is 2.29. The molecule has 0 spiro atoms. The van der Waals surface area contributed by atoms with Crippen LogP contribution in [0.15, 0.2) is 24.3 Å². The number of hydrogen-bond acceptors (Lipinski definition) is 2. The summed E-state index contributed by atoms with van der Waals surface area (Å²) in [5.74, 6) is -0.174. The first kappa shape index (κ1) is 17.7. The van der Waals surface area contributed by atoms with E-state index in [-0.39, 0.29) is 12.5 Å². The van der Waals surface area contributed by atoms with Gasteiger partial charge in [-0.1, -0.05) is 49.2 Å². The van der Waals surface area contributed by atoms with Crippen molar-refractivity contribution >= 4 is 12.2 Å². The van der Waals surface area contributed by atoms with E-state index in [1.54, 1.807) is 0 Å². The van der Waals surface area contributed by atoms with Crippen molar-refractivity contribution in [1.29, 1.82) is 0 Å². The van der Waals surface area contributed by atoms with Crippen LogP contribution >= 0.6 is 0 Å². The Morgan fingerprint density at radius 2 is 1.47 bits per heavy atom. The molecule has 0 radical (unpaired) electrons. The summed E-state index contributed by atoms with van der Waals surface area (Å²) < 4.78 is 0. The second-order valence-electron chi connectivity index (χ2n) is 3.26. The zero-order valence-electron chi connectivity index (χ0n) is 11.4. The molecule has 0 aromatic heterocycles. The second kappa shape index (κ2) is 12.4. The SMILES string of the molecule is CC.CC(=O)NCC=O.Cc1ccc(C)cc1. The summed E-state index contributed by atoms with van der Waals surface area (Å²) >= 11 is 0. The third kappa shape index (κ3) is 14.4. The molecule has 3 nitrogen and oxygen atoms in total. The van der Waals surface area contributed by atoms with Gasteiger partial charge in [-0.3, -0.25) is 4.79 Å². The average molecular weight is 237 g/mol. The molecule has 0 atom stereocenters. The molecule has 1 aromatic rings. The van der Waals surface area contributed by atoms with Crippen LogP contribution in [0, 0.1) is 13.8 Å². The molecule has 0 aliphatic heterocycles. The molecule has 96 valence electrons. The Balaban J connectivity index is 0. The van der Waals surface area contributed by atoms with Gasteiger partial charge in [0.1, 0.15) is 6.29 Å². The molecular formula is C14H23NO2. The highest BCUT2D eigenvalue weighted by atomic mass is 16.1. The van der Waals surface area contributed by atoms with Crippen molar-refractivity contribution in [1.82, 2.24) is 5.32 Å². The molecule has 0 fully saturated rings. The van der Waals surface area contributed by atoms with Gasteiger partial charge in [0.15, 0.2) is 0 Å². The standard InChI is InChI=1S/C8H10.C4H7NO2.C2H6/c1-7-3-5-8(2)6-4-7;1-4(7)5-2-3-6;1-2/h3-6H,1-2H3;3H,2H2,1H3,(H,5,7);1-2H3. The van der Waals surface area contributed by atoms with Gasteiger partial charge in [-0.15, -0.1) is 0 Å². The Kier molecular flexibility index (Phi) is 13.0. The number of rotatable bonds is 2. The number of aldehydes is 1. The van der Waals surface area contributed by atoms with Crippen LogP contribution in [0.1, 0.15) is 31.9 Å². The van der Waals surface area contributed by atoms with E-state index in [9.17, 15) is 9.59 Å². The minimum Gasteiger partial charge on any atom is -0.350 e. The summed E-state index contributed by atoms with van der Waals surface area (Å²) in [7, 11) is 0. The number of hydrogen-bond donors (Lipinski definition) is 1. The van der Waals surface area contributed by atoms with Crippen LogP contribution in [-0.2, 0) is 9.59 Å². The third-order valence-electron chi connectivity index (χ3n) is 1.65. The van der Waals surface area contributed by atoms with Crippen molar-refractivity contribution < 1.29 is 9.59 Å². The van der Waals surface area contributed by atoms with Gasteiger partial charge in [0.05, 0.1) is 6.54 Å². The predicted molar refractivity (Wildman–Crippen MR) is 72.0 cm³/mol. The fraction of sp³-hybridized carbons (Fsp3) is 0.429. The van der Waals surface area contributed by atoms with Crippen LogP contribution < -0.4 is 5.32 Å². The summed E-state index contributed by atoms with van der Waals surface area (Å²) in [6.45, 7) is 9.68. The van der Waals surface area contributed by atoms with E-state index in [0.717, 1.165) is 0 Å². The lowest BCUT2D eigenvalue weighted by atomic mass is 10.2. The summed E-state index contributed by atoms with van der Waals surface area (Å²) in [6.07, 6.45) is 0.640. The molecule has 0 heterocycles. The first-order valence-electron chi connectivity index (χ1n) is 5.77. The minimum atomic E-state index is -0.174. The Bertz CT molecular complexity index is 284. The van der Waals surface area contributed by atoms with Crippen LogP contribution in [0.4, 0.5) is 0 Å². The van der Waals surface area contributed by atoms with E-state index in [2.05, 4.69) is 43.4 Å². The van der Waals surface area contributed by atoms with Crippen molar-refractivity contribution in [3.8, 4) is 0 Å². The Morgan fingerprint density at radius 1 is 1.12 bits per heavy atom. The van der Waals surface area contributed by atoms with Crippen LogP contribution in [0.2, 0.25) is 0 Å². The smallest absolute Gasteiger partial charge is 0.217 e. The van der Waals surface area contributed by atoms with Gasteiger partial charge in [-0.25, -0.2) is 0 Å². The van der Waals surface area contributed by atoms with Crippen LogP contribution in [0.5, 0.6) is 0 Å². The Morgan fingerprint density at radius 3 is 1.65 bits per heavy atom. The topological polar surface area (TPSA) is 46.2 Å². The highest BCUT2D eigenvalue weighted by Crippen LogP contribution is 1.99. The van der Waals surface area contributed by atoms with E-state index in [4.69, 9.17) is 0 Å².